The van der Waals surface area contributed by atoms with Crippen LogP contribution in [0.15, 0.2) is 18.2 Å². The van der Waals surface area contributed by atoms with E-state index in [2.05, 4.69) is 0 Å². The van der Waals surface area contributed by atoms with E-state index in [0.717, 1.165) is 16.7 Å². The molecule has 0 saturated heterocycles. The Kier molecular flexibility index (Phi) is 3.07. The summed E-state index contributed by atoms with van der Waals surface area (Å²) in [5.74, 6) is 0. The number of nitrogens with zero attached hydrogens (tertiary/aromatic N) is 1. The lowest BCUT2D eigenvalue weighted by atomic mass is 10.0. The Balaban J connectivity index is 2.33. The molecule has 2 N–H and O–H groups in total. The van der Waals surface area contributed by atoms with E-state index >= 15 is 0 Å². The number of carbonyl (C=O) groups is 1. The van der Waals surface area contributed by atoms with Crippen molar-refractivity contribution >= 4 is 6.09 Å². The maximum absolute atomic E-state index is 11.1. The van der Waals surface area contributed by atoms with Crippen LogP contribution in [0, 0.1) is 6.92 Å². The second kappa shape index (κ2) is 4.37. The van der Waals surface area contributed by atoms with Crippen LogP contribution in [0.2, 0.25) is 0 Å². The third kappa shape index (κ3) is 1.89. The largest absolute Gasteiger partial charge is 0.465 e. The first-order valence-electron chi connectivity index (χ1n) is 5.82. The van der Waals surface area contributed by atoms with Gasteiger partial charge in [0.1, 0.15) is 6.10 Å². The summed E-state index contributed by atoms with van der Waals surface area (Å²) in [6.45, 7) is 4.17. The zero-order chi connectivity index (χ0) is 12.6. The number of aryl methyl sites for hydroxylation is 1. The quantitative estimate of drug-likeness (QED) is 0.823. The fraction of sp³-hybridized carbons (Fsp3) is 0.462. The average Bonchev–Trinajstić information content (AvgIpc) is 2.60. The number of fused-ring (bicyclic) bond motifs is 1. The van der Waals surface area contributed by atoms with Crippen molar-refractivity contribution < 1.29 is 15.0 Å². The number of aliphatic hydroxyl groups is 1. The highest BCUT2D eigenvalue weighted by Gasteiger charge is 2.37. The summed E-state index contributed by atoms with van der Waals surface area (Å²) in [7, 11) is 0. The summed E-state index contributed by atoms with van der Waals surface area (Å²) in [4.78, 5) is 12.4. The topological polar surface area (TPSA) is 60.8 Å². The van der Waals surface area contributed by atoms with Crippen LogP contribution in [-0.4, -0.2) is 33.8 Å². The Morgan fingerprint density at radius 3 is 2.76 bits per heavy atom. The lowest BCUT2D eigenvalue weighted by Gasteiger charge is -2.27. The Morgan fingerprint density at radius 1 is 1.53 bits per heavy atom. The van der Waals surface area contributed by atoms with Gasteiger partial charge in [-0.15, -0.1) is 0 Å². The van der Waals surface area contributed by atoms with E-state index in [-0.39, 0.29) is 6.04 Å². The summed E-state index contributed by atoms with van der Waals surface area (Å²) in [5.41, 5.74) is 3.07. The van der Waals surface area contributed by atoms with Crippen LogP contribution in [0.4, 0.5) is 4.79 Å². The van der Waals surface area contributed by atoms with Gasteiger partial charge in [0.05, 0.1) is 6.04 Å². The van der Waals surface area contributed by atoms with Crippen molar-refractivity contribution in [3.63, 3.8) is 0 Å². The highest BCUT2D eigenvalue weighted by atomic mass is 16.4. The fourth-order valence-corrected chi connectivity index (χ4v) is 2.60. The Bertz CT molecular complexity index is 444. The summed E-state index contributed by atoms with van der Waals surface area (Å²) >= 11 is 0. The first-order valence-corrected chi connectivity index (χ1v) is 5.82. The summed E-state index contributed by atoms with van der Waals surface area (Å²) < 4.78 is 0. The lowest BCUT2D eigenvalue weighted by molar-refractivity contribution is 0.0601. The number of likely N-dealkylation sites (N-methyl/N-ethyl adjacent to an activating group) is 1. The molecule has 1 aliphatic carbocycles. The third-order valence-electron chi connectivity index (χ3n) is 3.53. The number of carboxylic acid groups (broad SMARTS) is 1. The zero-order valence-electron chi connectivity index (χ0n) is 10.1. The molecular formula is C13H17NO3. The van der Waals surface area contributed by atoms with Crippen LogP contribution in [0.25, 0.3) is 0 Å². The number of aliphatic hydroxyl groups excluding tert-OH is 1. The molecule has 2 rings (SSSR count). The van der Waals surface area contributed by atoms with Crippen molar-refractivity contribution in [2.24, 2.45) is 0 Å². The normalized spacial score (nSPS) is 22.3. The zero-order valence-corrected chi connectivity index (χ0v) is 10.1. The van der Waals surface area contributed by atoms with Crippen molar-refractivity contribution in [2.75, 3.05) is 6.54 Å². The van der Waals surface area contributed by atoms with Crippen molar-refractivity contribution in [2.45, 2.75) is 32.4 Å². The minimum Gasteiger partial charge on any atom is -0.465 e. The number of benzene rings is 1. The molecule has 0 saturated carbocycles. The van der Waals surface area contributed by atoms with E-state index in [9.17, 15) is 9.90 Å². The van der Waals surface area contributed by atoms with Crippen LogP contribution < -0.4 is 0 Å². The van der Waals surface area contributed by atoms with E-state index < -0.39 is 12.2 Å². The molecule has 92 valence electrons. The molecule has 4 heteroatoms. The lowest BCUT2D eigenvalue weighted by Crippen LogP contribution is -2.41. The highest BCUT2D eigenvalue weighted by Crippen LogP contribution is 2.36. The molecule has 0 radical (unpaired) electrons. The van der Waals surface area contributed by atoms with Gasteiger partial charge in [-0.2, -0.15) is 0 Å². The molecule has 0 bridgehead atoms. The molecule has 1 aromatic carbocycles. The minimum absolute atomic E-state index is 0.353. The smallest absolute Gasteiger partial charge is 0.407 e. The first-order chi connectivity index (χ1) is 8.06. The molecule has 2 atom stereocenters. The number of hydrogen-bond donors (Lipinski definition) is 2. The van der Waals surface area contributed by atoms with Crippen LogP contribution in [0.5, 0.6) is 0 Å². The molecule has 0 spiro atoms. The molecule has 0 fully saturated rings. The Hall–Kier alpha value is -1.55. The minimum atomic E-state index is -0.970. The van der Waals surface area contributed by atoms with Crippen LogP contribution >= 0.6 is 0 Å². The molecule has 17 heavy (non-hydrogen) atoms. The van der Waals surface area contributed by atoms with Gasteiger partial charge in [-0.1, -0.05) is 18.2 Å². The van der Waals surface area contributed by atoms with Gasteiger partial charge in [0.25, 0.3) is 0 Å². The Morgan fingerprint density at radius 2 is 2.24 bits per heavy atom. The molecule has 0 heterocycles. The van der Waals surface area contributed by atoms with Gasteiger partial charge in [-0.05, 0) is 37.0 Å². The SMILES string of the molecule is CCN(C(=O)O)C1Cc2c(C)cccc2C1O. The molecule has 1 aromatic rings. The van der Waals surface area contributed by atoms with Gasteiger partial charge >= 0.3 is 6.09 Å². The highest BCUT2D eigenvalue weighted by molar-refractivity contribution is 5.66. The number of rotatable bonds is 2. The molecular weight excluding hydrogens is 218 g/mol. The number of hydrogen-bond acceptors (Lipinski definition) is 2. The number of amides is 1. The molecule has 2 unspecified atom stereocenters. The third-order valence-corrected chi connectivity index (χ3v) is 3.53. The Labute approximate surface area is 100 Å². The molecule has 4 nitrogen and oxygen atoms in total. The van der Waals surface area contributed by atoms with Crippen LogP contribution in [-0.2, 0) is 6.42 Å². The second-order valence-corrected chi connectivity index (χ2v) is 4.43. The van der Waals surface area contributed by atoms with Crippen LogP contribution in [0.3, 0.4) is 0 Å². The monoisotopic (exact) mass is 235 g/mol. The fourth-order valence-electron chi connectivity index (χ4n) is 2.60. The van der Waals surface area contributed by atoms with Gasteiger partial charge in [0.15, 0.2) is 0 Å². The average molecular weight is 235 g/mol. The van der Waals surface area contributed by atoms with Gasteiger partial charge in [-0.25, -0.2) is 4.79 Å². The molecule has 0 aromatic heterocycles. The van der Waals surface area contributed by atoms with Crippen molar-refractivity contribution in [1.29, 1.82) is 0 Å². The standard InChI is InChI=1S/C13H17NO3/c1-3-14(13(16)17)11-7-10-8(2)5-4-6-9(10)12(11)15/h4-6,11-12,15H,3,7H2,1-2H3,(H,16,17). The van der Waals surface area contributed by atoms with E-state index in [1.807, 2.05) is 25.1 Å². The predicted octanol–water partition coefficient (Wildman–Crippen LogP) is 1.95. The van der Waals surface area contributed by atoms with Crippen molar-refractivity contribution in [3.8, 4) is 0 Å². The molecule has 1 aliphatic rings. The molecule has 1 amide bonds. The van der Waals surface area contributed by atoms with E-state index in [1.165, 1.54) is 4.90 Å². The van der Waals surface area contributed by atoms with Gasteiger partial charge < -0.3 is 15.1 Å². The summed E-state index contributed by atoms with van der Waals surface area (Å²) in [6, 6.07) is 5.42. The summed E-state index contributed by atoms with van der Waals surface area (Å²) in [6.07, 6.45) is -1.08. The van der Waals surface area contributed by atoms with E-state index in [0.29, 0.717) is 13.0 Å². The first kappa shape index (κ1) is 11.9. The maximum Gasteiger partial charge on any atom is 0.407 e. The van der Waals surface area contributed by atoms with Gasteiger partial charge in [-0.3, -0.25) is 0 Å². The van der Waals surface area contributed by atoms with Crippen molar-refractivity contribution in [3.05, 3.63) is 34.9 Å². The van der Waals surface area contributed by atoms with E-state index in [1.54, 1.807) is 6.92 Å². The summed E-state index contributed by atoms with van der Waals surface area (Å²) in [5, 5.41) is 19.3. The molecule has 0 aliphatic heterocycles. The van der Waals surface area contributed by atoms with Crippen LogP contribution in [0.1, 0.15) is 29.7 Å². The van der Waals surface area contributed by atoms with Gasteiger partial charge in [0.2, 0.25) is 0 Å². The van der Waals surface area contributed by atoms with Crippen molar-refractivity contribution in [1.82, 2.24) is 4.90 Å². The van der Waals surface area contributed by atoms with E-state index in [4.69, 9.17) is 5.11 Å². The second-order valence-electron chi connectivity index (χ2n) is 4.43. The predicted molar refractivity (Wildman–Crippen MR) is 64.0 cm³/mol. The maximum atomic E-state index is 11.1. The van der Waals surface area contributed by atoms with Gasteiger partial charge in [0, 0.05) is 6.54 Å².